The Morgan fingerprint density at radius 3 is 2.38 bits per heavy atom. The number of carbonyl (C=O) groups is 1. The van der Waals surface area contributed by atoms with Crippen LogP contribution >= 0.6 is 0 Å². The molecule has 3 N–H and O–H groups in total. The topological polar surface area (TPSA) is 64.3 Å². The standard InChI is InChI=1S/C20H26N2O2/c1-14(2)18(12-17-6-4-5-7-19(17)24-3)22-20(23)16-10-8-15(13-21)9-11-16/h4-11,14,18H,12-13,21H2,1-3H3,(H,22,23). The maximum absolute atomic E-state index is 12.5. The van der Waals surface area contributed by atoms with Crippen molar-refractivity contribution in [3.63, 3.8) is 0 Å². The van der Waals surface area contributed by atoms with E-state index in [2.05, 4.69) is 19.2 Å². The molecular formula is C20H26N2O2. The lowest BCUT2D eigenvalue weighted by atomic mass is 9.95. The van der Waals surface area contributed by atoms with Crippen molar-refractivity contribution >= 4 is 5.91 Å². The highest BCUT2D eigenvalue weighted by Crippen LogP contribution is 2.21. The highest BCUT2D eigenvalue weighted by Gasteiger charge is 2.19. The number of amides is 1. The average molecular weight is 326 g/mol. The fraction of sp³-hybridized carbons (Fsp3) is 0.350. The Labute approximate surface area is 144 Å². The predicted molar refractivity (Wildman–Crippen MR) is 97.1 cm³/mol. The first-order valence-corrected chi connectivity index (χ1v) is 8.27. The van der Waals surface area contributed by atoms with Gasteiger partial charge in [-0.2, -0.15) is 0 Å². The average Bonchev–Trinajstić information content (AvgIpc) is 2.61. The van der Waals surface area contributed by atoms with Crippen LogP contribution in [0.3, 0.4) is 0 Å². The number of ether oxygens (including phenoxy) is 1. The lowest BCUT2D eigenvalue weighted by molar-refractivity contribution is 0.0925. The van der Waals surface area contributed by atoms with Crippen molar-refractivity contribution in [2.75, 3.05) is 7.11 Å². The van der Waals surface area contributed by atoms with Crippen LogP contribution in [-0.4, -0.2) is 19.1 Å². The van der Waals surface area contributed by atoms with Gasteiger partial charge in [-0.15, -0.1) is 0 Å². The number of rotatable bonds is 7. The van der Waals surface area contributed by atoms with E-state index in [9.17, 15) is 4.79 Å². The Morgan fingerprint density at radius 2 is 1.79 bits per heavy atom. The second-order valence-corrected chi connectivity index (χ2v) is 6.24. The third-order valence-electron chi connectivity index (χ3n) is 4.21. The second kappa shape index (κ2) is 8.50. The summed E-state index contributed by atoms with van der Waals surface area (Å²) in [6.07, 6.45) is 0.730. The van der Waals surface area contributed by atoms with Gasteiger partial charge in [0, 0.05) is 18.2 Å². The maximum Gasteiger partial charge on any atom is 0.251 e. The van der Waals surface area contributed by atoms with Gasteiger partial charge < -0.3 is 15.8 Å². The molecule has 1 unspecified atom stereocenters. The van der Waals surface area contributed by atoms with Crippen molar-refractivity contribution in [1.82, 2.24) is 5.32 Å². The number of methoxy groups -OCH3 is 1. The number of nitrogens with two attached hydrogens (primary N) is 1. The van der Waals surface area contributed by atoms with Crippen LogP contribution in [0.2, 0.25) is 0 Å². The molecule has 2 aromatic carbocycles. The van der Waals surface area contributed by atoms with Gasteiger partial charge in [-0.05, 0) is 41.7 Å². The van der Waals surface area contributed by atoms with Gasteiger partial charge in [-0.1, -0.05) is 44.2 Å². The number of hydrogen-bond acceptors (Lipinski definition) is 3. The fourth-order valence-electron chi connectivity index (χ4n) is 2.61. The molecular weight excluding hydrogens is 300 g/mol. The van der Waals surface area contributed by atoms with Crippen LogP contribution in [0.25, 0.3) is 0 Å². The van der Waals surface area contributed by atoms with Crippen molar-refractivity contribution in [3.8, 4) is 5.75 Å². The first-order valence-electron chi connectivity index (χ1n) is 8.27. The molecule has 2 aromatic rings. The number of nitrogens with one attached hydrogen (secondary N) is 1. The van der Waals surface area contributed by atoms with Crippen LogP contribution in [-0.2, 0) is 13.0 Å². The third kappa shape index (κ3) is 4.59. The predicted octanol–water partition coefficient (Wildman–Crippen LogP) is 3.15. The monoisotopic (exact) mass is 326 g/mol. The molecule has 2 rings (SSSR count). The van der Waals surface area contributed by atoms with E-state index in [0.717, 1.165) is 23.3 Å². The molecule has 0 heterocycles. The van der Waals surface area contributed by atoms with Crippen molar-refractivity contribution < 1.29 is 9.53 Å². The first kappa shape index (κ1) is 18.0. The third-order valence-corrected chi connectivity index (χ3v) is 4.21. The van der Waals surface area contributed by atoms with E-state index in [0.29, 0.717) is 18.0 Å². The Kier molecular flexibility index (Phi) is 6.38. The van der Waals surface area contributed by atoms with E-state index in [-0.39, 0.29) is 11.9 Å². The summed E-state index contributed by atoms with van der Waals surface area (Å²) in [5, 5.41) is 3.14. The molecule has 0 aliphatic heterocycles. The molecule has 4 nitrogen and oxygen atoms in total. The van der Waals surface area contributed by atoms with E-state index in [1.165, 1.54) is 0 Å². The minimum Gasteiger partial charge on any atom is -0.496 e. The number of para-hydroxylation sites is 1. The molecule has 0 aliphatic carbocycles. The molecule has 0 saturated heterocycles. The fourth-order valence-corrected chi connectivity index (χ4v) is 2.61. The first-order chi connectivity index (χ1) is 11.5. The quantitative estimate of drug-likeness (QED) is 0.821. The van der Waals surface area contributed by atoms with Crippen LogP contribution in [0.1, 0.15) is 35.3 Å². The molecule has 1 amide bonds. The molecule has 1 atom stereocenters. The Hall–Kier alpha value is -2.33. The van der Waals surface area contributed by atoms with Crippen LogP contribution in [0.4, 0.5) is 0 Å². The van der Waals surface area contributed by atoms with Crippen molar-refractivity contribution in [1.29, 1.82) is 0 Å². The molecule has 0 bridgehead atoms. The lowest BCUT2D eigenvalue weighted by Crippen LogP contribution is -2.40. The summed E-state index contributed by atoms with van der Waals surface area (Å²) in [6, 6.07) is 15.4. The molecule has 0 aromatic heterocycles. The summed E-state index contributed by atoms with van der Waals surface area (Å²) < 4.78 is 5.42. The highest BCUT2D eigenvalue weighted by molar-refractivity contribution is 5.94. The van der Waals surface area contributed by atoms with Gasteiger partial charge in [0.05, 0.1) is 7.11 Å². The smallest absolute Gasteiger partial charge is 0.251 e. The molecule has 0 saturated carbocycles. The summed E-state index contributed by atoms with van der Waals surface area (Å²) in [5.74, 6) is 1.10. The normalized spacial score (nSPS) is 12.0. The Morgan fingerprint density at radius 1 is 1.12 bits per heavy atom. The van der Waals surface area contributed by atoms with Crippen molar-refractivity contribution in [2.24, 2.45) is 11.7 Å². The number of hydrogen-bond donors (Lipinski definition) is 2. The zero-order valence-corrected chi connectivity index (χ0v) is 14.6. The summed E-state index contributed by atoms with van der Waals surface area (Å²) >= 11 is 0. The van der Waals surface area contributed by atoms with Crippen LogP contribution in [0.5, 0.6) is 5.75 Å². The van der Waals surface area contributed by atoms with Gasteiger partial charge in [0.2, 0.25) is 0 Å². The van der Waals surface area contributed by atoms with E-state index in [1.807, 2.05) is 48.5 Å². The minimum atomic E-state index is -0.0628. The molecule has 128 valence electrons. The second-order valence-electron chi connectivity index (χ2n) is 6.24. The number of carbonyl (C=O) groups excluding carboxylic acids is 1. The van der Waals surface area contributed by atoms with E-state index in [1.54, 1.807) is 7.11 Å². The zero-order valence-electron chi connectivity index (χ0n) is 14.6. The number of benzene rings is 2. The SMILES string of the molecule is COc1ccccc1CC(NC(=O)c1ccc(CN)cc1)C(C)C. The minimum absolute atomic E-state index is 0.0305. The van der Waals surface area contributed by atoms with Crippen LogP contribution in [0.15, 0.2) is 48.5 Å². The Balaban J connectivity index is 2.11. The maximum atomic E-state index is 12.5. The van der Waals surface area contributed by atoms with Gasteiger partial charge in [0.15, 0.2) is 0 Å². The highest BCUT2D eigenvalue weighted by atomic mass is 16.5. The Bertz CT molecular complexity index is 666. The van der Waals surface area contributed by atoms with Gasteiger partial charge in [-0.3, -0.25) is 4.79 Å². The van der Waals surface area contributed by atoms with E-state index >= 15 is 0 Å². The molecule has 0 radical (unpaired) electrons. The summed E-state index contributed by atoms with van der Waals surface area (Å²) in [6.45, 7) is 4.69. The van der Waals surface area contributed by atoms with Crippen LogP contribution < -0.4 is 15.8 Å². The van der Waals surface area contributed by atoms with Gasteiger partial charge in [-0.25, -0.2) is 0 Å². The molecule has 0 spiro atoms. The summed E-state index contributed by atoms with van der Waals surface area (Å²) in [4.78, 5) is 12.5. The molecule has 24 heavy (non-hydrogen) atoms. The van der Waals surface area contributed by atoms with E-state index in [4.69, 9.17) is 10.5 Å². The molecule has 0 fully saturated rings. The van der Waals surface area contributed by atoms with Crippen LogP contribution in [0, 0.1) is 5.92 Å². The molecule has 4 heteroatoms. The summed E-state index contributed by atoms with van der Waals surface area (Å²) in [5.41, 5.74) is 8.36. The van der Waals surface area contributed by atoms with Crippen molar-refractivity contribution in [2.45, 2.75) is 32.9 Å². The van der Waals surface area contributed by atoms with Gasteiger partial charge in [0.25, 0.3) is 5.91 Å². The van der Waals surface area contributed by atoms with Crippen molar-refractivity contribution in [3.05, 3.63) is 65.2 Å². The lowest BCUT2D eigenvalue weighted by Gasteiger charge is -2.23. The van der Waals surface area contributed by atoms with Gasteiger partial charge >= 0.3 is 0 Å². The largest absolute Gasteiger partial charge is 0.496 e. The van der Waals surface area contributed by atoms with Gasteiger partial charge in [0.1, 0.15) is 5.75 Å². The molecule has 0 aliphatic rings. The summed E-state index contributed by atoms with van der Waals surface area (Å²) in [7, 11) is 1.67. The zero-order chi connectivity index (χ0) is 17.5. The van der Waals surface area contributed by atoms with E-state index < -0.39 is 0 Å².